The van der Waals surface area contributed by atoms with Crippen molar-refractivity contribution < 1.29 is 0 Å². The summed E-state index contributed by atoms with van der Waals surface area (Å²) in [5.41, 5.74) is 17.3. The van der Waals surface area contributed by atoms with Gasteiger partial charge in [0.25, 0.3) is 0 Å². The summed E-state index contributed by atoms with van der Waals surface area (Å²) in [7, 11) is 2.12. The maximum Gasteiger partial charge on any atom is 0.0561 e. The van der Waals surface area contributed by atoms with Crippen molar-refractivity contribution in [2.45, 2.75) is 18.5 Å². The molecule has 4 rings (SSSR count). The SMILES string of the molecule is CN1C2=CC(N)C(N)CC2=c2ccccc2=C1c1ccccc1. The van der Waals surface area contributed by atoms with Gasteiger partial charge in [-0.3, -0.25) is 0 Å². The molecule has 4 N–H and O–H groups in total. The summed E-state index contributed by atoms with van der Waals surface area (Å²) >= 11 is 0. The molecule has 0 saturated carbocycles. The van der Waals surface area contributed by atoms with Crippen LogP contribution in [0.4, 0.5) is 0 Å². The molecule has 0 amide bonds. The summed E-state index contributed by atoms with van der Waals surface area (Å²) in [6, 6.07) is 19.0. The van der Waals surface area contributed by atoms with Gasteiger partial charge in [-0.05, 0) is 28.9 Å². The summed E-state index contributed by atoms with van der Waals surface area (Å²) in [4.78, 5) is 2.26. The molecule has 0 bridgehead atoms. The van der Waals surface area contributed by atoms with Crippen LogP contribution in [0, 0.1) is 0 Å². The third kappa shape index (κ3) is 2.21. The van der Waals surface area contributed by atoms with E-state index in [1.165, 1.54) is 33.0 Å². The average Bonchev–Trinajstić information content (AvgIpc) is 2.58. The first-order chi connectivity index (χ1) is 11.2. The minimum atomic E-state index is -0.0986. The molecule has 1 aliphatic carbocycles. The van der Waals surface area contributed by atoms with Gasteiger partial charge in [0.15, 0.2) is 0 Å². The average molecular weight is 303 g/mol. The van der Waals surface area contributed by atoms with Crippen molar-refractivity contribution in [2.75, 3.05) is 7.05 Å². The third-order valence-electron chi connectivity index (χ3n) is 4.85. The minimum absolute atomic E-state index is 0.0199. The molecule has 0 saturated heterocycles. The Bertz CT molecular complexity index is 896. The summed E-state index contributed by atoms with van der Waals surface area (Å²) in [6.45, 7) is 0. The van der Waals surface area contributed by atoms with Crippen molar-refractivity contribution in [3.8, 4) is 0 Å². The number of fused-ring (bicyclic) bond motifs is 2. The van der Waals surface area contributed by atoms with Gasteiger partial charge < -0.3 is 16.4 Å². The van der Waals surface area contributed by atoms with Crippen LogP contribution in [0.5, 0.6) is 0 Å². The lowest BCUT2D eigenvalue weighted by Crippen LogP contribution is -2.49. The number of rotatable bonds is 1. The molecule has 2 aliphatic rings. The quantitative estimate of drug-likeness (QED) is 0.822. The summed E-state index contributed by atoms with van der Waals surface area (Å²) in [5, 5.41) is 2.54. The van der Waals surface area contributed by atoms with Crippen LogP contribution in [0.15, 0.2) is 66.4 Å². The van der Waals surface area contributed by atoms with Crippen LogP contribution in [0.25, 0.3) is 11.3 Å². The zero-order chi connectivity index (χ0) is 16.0. The van der Waals surface area contributed by atoms with Gasteiger partial charge in [0, 0.05) is 30.0 Å². The van der Waals surface area contributed by atoms with Crippen LogP contribution < -0.4 is 21.9 Å². The van der Waals surface area contributed by atoms with E-state index in [2.05, 4.69) is 66.6 Å². The third-order valence-corrected chi connectivity index (χ3v) is 4.85. The van der Waals surface area contributed by atoms with E-state index in [9.17, 15) is 0 Å². The van der Waals surface area contributed by atoms with Gasteiger partial charge in [0.2, 0.25) is 0 Å². The van der Waals surface area contributed by atoms with Crippen molar-refractivity contribution in [1.82, 2.24) is 4.90 Å². The van der Waals surface area contributed by atoms with Gasteiger partial charge in [-0.25, -0.2) is 0 Å². The normalized spacial score (nSPS) is 23.3. The molecular formula is C20H21N3. The Hall–Kier alpha value is -2.36. The molecule has 116 valence electrons. The topological polar surface area (TPSA) is 55.3 Å². The van der Waals surface area contributed by atoms with Crippen molar-refractivity contribution in [3.63, 3.8) is 0 Å². The first kappa shape index (κ1) is 14.2. The van der Waals surface area contributed by atoms with E-state index >= 15 is 0 Å². The highest BCUT2D eigenvalue weighted by Crippen LogP contribution is 2.31. The first-order valence-electron chi connectivity index (χ1n) is 8.02. The van der Waals surface area contributed by atoms with E-state index < -0.39 is 0 Å². The number of hydrogen-bond donors (Lipinski definition) is 2. The predicted molar refractivity (Wildman–Crippen MR) is 94.5 cm³/mol. The lowest BCUT2D eigenvalue weighted by atomic mass is 9.86. The molecule has 2 atom stereocenters. The number of nitrogens with two attached hydrogens (primary N) is 2. The zero-order valence-corrected chi connectivity index (χ0v) is 13.2. The van der Waals surface area contributed by atoms with E-state index in [0.29, 0.717) is 0 Å². The molecule has 1 aliphatic heterocycles. The molecule has 0 radical (unpaired) electrons. The molecule has 1 heterocycles. The van der Waals surface area contributed by atoms with Gasteiger partial charge in [-0.2, -0.15) is 0 Å². The molecule has 3 nitrogen and oxygen atoms in total. The number of benzene rings is 2. The molecular weight excluding hydrogens is 282 g/mol. The second-order valence-electron chi connectivity index (χ2n) is 6.30. The highest BCUT2D eigenvalue weighted by atomic mass is 15.1. The Morgan fingerprint density at radius 1 is 0.913 bits per heavy atom. The number of allylic oxidation sites excluding steroid dienone is 1. The Balaban J connectivity index is 2.11. The standard InChI is InChI=1S/C20H21N3/c1-23-19-12-18(22)17(21)11-16(19)14-9-5-6-10-15(14)20(23)13-7-3-2-4-8-13/h2-10,12,17-18H,11,21-22H2,1H3. The van der Waals surface area contributed by atoms with Gasteiger partial charge >= 0.3 is 0 Å². The van der Waals surface area contributed by atoms with Crippen molar-refractivity contribution in [3.05, 3.63) is 82.4 Å². The maximum absolute atomic E-state index is 6.22. The molecule has 0 aromatic heterocycles. The lowest BCUT2D eigenvalue weighted by Gasteiger charge is -2.36. The Labute approximate surface area is 136 Å². The number of nitrogens with zero attached hydrogens (tertiary/aromatic N) is 1. The Kier molecular flexibility index (Phi) is 3.33. The van der Waals surface area contributed by atoms with Crippen LogP contribution in [0.3, 0.4) is 0 Å². The van der Waals surface area contributed by atoms with Crippen LogP contribution in [0.2, 0.25) is 0 Å². The zero-order valence-electron chi connectivity index (χ0n) is 13.2. The minimum Gasteiger partial charge on any atom is -0.344 e. The summed E-state index contributed by atoms with van der Waals surface area (Å²) < 4.78 is 0. The fourth-order valence-corrected chi connectivity index (χ4v) is 3.64. The molecule has 0 spiro atoms. The summed E-state index contributed by atoms with van der Waals surface area (Å²) in [6.07, 6.45) is 2.93. The van der Waals surface area contributed by atoms with Gasteiger partial charge in [0.1, 0.15) is 0 Å². The molecule has 2 aromatic carbocycles. The van der Waals surface area contributed by atoms with Crippen LogP contribution in [0.1, 0.15) is 12.0 Å². The molecule has 23 heavy (non-hydrogen) atoms. The first-order valence-corrected chi connectivity index (χ1v) is 8.02. The van der Waals surface area contributed by atoms with E-state index in [1.807, 2.05) is 6.07 Å². The van der Waals surface area contributed by atoms with Crippen molar-refractivity contribution in [2.24, 2.45) is 11.5 Å². The Morgan fingerprint density at radius 3 is 2.30 bits per heavy atom. The predicted octanol–water partition coefficient (Wildman–Crippen LogP) is 0.881. The smallest absolute Gasteiger partial charge is 0.0561 e. The van der Waals surface area contributed by atoms with Crippen molar-refractivity contribution in [1.29, 1.82) is 0 Å². The number of hydrogen-bond acceptors (Lipinski definition) is 3. The highest BCUT2D eigenvalue weighted by Gasteiger charge is 2.29. The maximum atomic E-state index is 6.22. The van der Waals surface area contributed by atoms with E-state index in [0.717, 1.165) is 6.42 Å². The summed E-state index contributed by atoms with van der Waals surface area (Å²) in [5.74, 6) is 0. The molecule has 0 fully saturated rings. The fourth-order valence-electron chi connectivity index (χ4n) is 3.64. The molecule has 2 unspecified atom stereocenters. The Morgan fingerprint density at radius 2 is 1.57 bits per heavy atom. The van der Waals surface area contributed by atoms with Crippen LogP contribution in [-0.2, 0) is 0 Å². The molecule has 2 aromatic rings. The van der Waals surface area contributed by atoms with E-state index in [-0.39, 0.29) is 12.1 Å². The van der Waals surface area contributed by atoms with Gasteiger partial charge in [-0.15, -0.1) is 0 Å². The van der Waals surface area contributed by atoms with E-state index in [4.69, 9.17) is 11.5 Å². The van der Waals surface area contributed by atoms with E-state index in [1.54, 1.807) is 0 Å². The van der Waals surface area contributed by atoms with Crippen molar-refractivity contribution >= 4 is 11.3 Å². The molecule has 3 heteroatoms. The second-order valence-corrected chi connectivity index (χ2v) is 6.30. The van der Waals surface area contributed by atoms with Gasteiger partial charge in [-0.1, -0.05) is 54.6 Å². The van der Waals surface area contributed by atoms with Crippen LogP contribution in [-0.4, -0.2) is 24.0 Å². The lowest BCUT2D eigenvalue weighted by molar-refractivity contribution is 0.535. The monoisotopic (exact) mass is 303 g/mol. The highest BCUT2D eigenvalue weighted by molar-refractivity contribution is 5.78. The fraction of sp³-hybridized carbons (Fsp3) is 0.200. The second kappa shape index (κ2) is 5.37. The van der Waals surface area contributed by atoms with Gasteiger partial charge in [0.05, 0.1) is 5.70 Å². The van der Waals surface area contributed by atoms with Crippen LogP contribution >= 0.6 is 0 Å². The largest absolute Gasteiger partial charge is 0.344 e.